The Morgan fingerprint density at radius 2 is 1.78 bits per heavy atom. The van der Waals surface area contributed by atoms with Crippen LogP contribution in [-0.2, 0) is 11.2 Å². The monoisotopic (exact) mass is 367 g/mol. The molecule has 0 unspecified atom stereocenters. The Morgan fingerprint density at radius 3 is 2.41 bits per heavy atom. The largest absolute Gasteiger partial charge is 0.480 e. The predicted molar refractivity (Wildman–Crippen MR) is 112 cm³/mol. The van der Waals surface area contributed by atoms with E-state index in [1.807, 2.05) is 32.9 Å². The zero-order chi connectivity index (χ0) is 19.8. The van der Waals surface area contributed by atoms with Gasteiger partial charge in [-0.3, -0.25) is 4.79 Å². The quantitative estimate of drug-likeness (QED) is 0.608. The van der Waals surface area contributed by atoms with Crippen LogP contribution < -0.4 is 10.1 Å². The second kappa shape index (κ2) is 10.1. The van der Waals surface area contributed by atoms with Gasteiger partial charge in [-0.1, -0.05) is 57.2 Å². The topological polar surface area (TPSA) is 38.3 Å². The molecule has 1 amide bonds. The van der Waals surface area contributed by atoms with Crippen molar-refractivity contribution in [3.8, 4) is 5.75 Å². The third-order valence-corrected chi connectivity index (χ3v) is 4.86. The molecule has 1 N–H and O–H groups in total. The Bertz CT molecular complexity index is 735. The highest BCUT2D eigenvalue weighted by atomic mass is 16.5. The zero-order valence-electron chi connectivity index (χ0n) is 17.3. The lowest BCUT2D eigenvalue weighted by Gasteiger charge is -2.19. The molecule has 2 aromatic carbocycles. The summed E-state index contributed by atoms with van der Waals surface area (Å²) in [5.74, 6) is 1.32. The maximum atomic E-state index is 12.5. The lowest BCUT2D eigenvalue weighted by molar-refractivity contribution is -0.128. The molecule has 0 aliphatic carbocycles. The zero-order valence-corrected chi connectivity index (χ0v) is 17.3. The second-order valence-electron chi connectivity index (χ2n) is 7.57. The fourth-order valence-corrected chi connectivity index (χ4v) is 3.00. The van der Waals surface area contributed by atoms with Crippen molar-refractivity contribution in [1.82, 2.24) is 5.32 Å². The first-order chi connectivity index (χ1) is 12.9. The van der Waals surface area contributed by atoms with Gasteiger partial charge in [0.25, 0.3) is 5.91 Å². The average Bonchev–Trinajstić information content (AvgIpc) is 2.66. The summed E-state index contributed by atoms with van der Waals surface area (Å²) in [7, 11) is 0. The van der Waals surface area contributed by atoms with Crippen LogP contribution in [0, 0.1) is 13.8 Å². The van der Waals surface area contributed by atoms with Crippen molar-refractivity contribution in [3.63, 3.8) is 0 Å². The molecule has 0 saturated heterocycles. The summed E-state index contributed by atoms with van der Waals surface area (Å²) in [4.78, 5) is 12.5. The van der Waals surface area contributed by atoms with Crippen LogP contribution in [0.5, 0.6) is 5.75 Å². The molecule has 0 saturated carbocycles. The molecule has 146 valence electrons. The molecule has 0 heterocycles. The number of carbonyl (C=O) groups is 1. The molecule has 2 rings (SSSR count). The van der Waals surface area contributed by atoms with Gasteiger partial charge < -0.3 is 10.1 Å². The normalized spacial score (nSPS) is 12.1. The van der Waals surface area contributed by atoms with Gasteiger partial charge in [0.15, 0.2) is 6.10 Å². The SMILES string of the molecule is CC[C@H](Oc1cc(C)ccc1C)C(=O)NCCCc1ccc(C(C)C)cc1. The average molecular weight is 368 g/mol. The second-order valence-corrected chi connectivity index (χ2v) is 7.57. The Kier molecular flexibility index (Phi) is 7.90. The first-order valence-corrected chi connectivity index (χ1v) is 10.0. The van der Waals surface area contributed by atoms with Crippen molar-refractivity contribution in [2.75, 3.05) is 6.54 Å². The number of hydrogen-bond acceptors (Lipinski definition) is 2. The molecule has 3 nitrogen and oxygen atoms in total. The van der Waals surface area contributed by atoms with E-state index >= 15 is 0 Å². The van der Waals surface area contributed by atoms with E-state index < -0.39 is 6.10 Å². The van der Waals surface area contributed by atoms with Gasteiger partial charge >= 0.3 is 0 Å². The molecule has 0 fully saturated rings. The molecule has 0 aromatic heterocycles. The lowest BCUT2D eigenvalue weighted by atomic mass is 10.0. The number of nitrogens with one attached hydrogen (secondary N) is 1. The van der Waals surface area contributed by atoms with Crippen molar-refractivity contribution in [2.24, 2.45) is 0 Å². The van der Waals surface area contributed by atoms with E-state index in [9.17, 15) is 4.79 Å². The van der Waals surface area contributed by atoms with Crippen LogP contribution in [0.3, 0.4) is 0 Å². The molecule has 2 aromatic rings. The molecule has 27 heavy (non-hydrogen) atoms. The molecule has 0 spiro atoms. The van der Waals surface area contributed by atoms with Gasteiger partial charge in [0.05, 0.1) is 0 Å². The maximum Gasteiger partial charge on any atom is 0.261 e. The minimum Gasteiger partial charge on any atom is -0.480 e. The van der Waals surface area contributed by atoms with E-state index in [1.54, 1.807) is 0 Å². The van der Waals surface area contributed by atoms with Crippen LogP contribution >= 0.6 is 0 Å². The lowest BCUT2D eigenvalue weighted by Crippen LogP contribution is -2.38. The minimum atomic E-state index is -0.448. The van der Waals surface area contributed by atoms with Gasteiger partial charge in [0.2, 0.25) is 0 Å². The molecule has 0 aliphatic heterocycles. The highest BCUT2D eigenvalue weighted by Crippen LogP contribution is 2.21. The summed E-state index contributed by atoms with van der Waals surface area (Å²) in [6, 6.07) is 14.8. The Balaban J connectivity index is 1.80. The summed E-state index contributed by atoms with van der Waals surface area (Å²) in [5, 5.41) is 3.02. The van der Waals surface area contributed by atoms with Crippen LogP contribution in [0.15, 0.2) is 42.5 Å². The van der Waals surface area contributed by atoms with Crippen LogP contribution in [0.25, 0.3) is 0 Å². The number of amides is 1. The van der Waals surface area contributed by atoms with Crippen molar-refractivity contribution >= 4 is 5.91 Å². The van der Waals surface area contributed by atoms with Gasteiger partial charge in [-0.25, -0.2) is 0 Å². The van der Waals surface area contributed by atoms with E-state index in [-0.39, 0.29) is 5.91 Å². The van der Waals surface area contributed by atoms with Crippen LogP contribution in [0.1, 0.15) is 61.8 Å². The third kappa shape index (κ3) is 6.42. The van der Waals surface area contributed by atoms with Gasteiger partial charge in [0, 0.05) is 6.54 Å². The number of rotatable bonds is 9. The van der Waals surface area contributed by atoms with E-state index in [0.29, 0.717) is 18.9 Å². The molecular weight excluding hydrogens is 334 g/mol. The standard InChI is InChI=1S/C24H33NO2/c1-6-22(27-23-16-18(4)9-10-19(23)5)24(26)25-15-7-8-20-11-13-21(14-12-20)17(2)3/h9-14,16-17,22H,6-8,15H2,1-5H3,(H,25,26)/t22-/m0/s1. The number of benzene rings is 2. The summed E-state index contributed by atoms with van der Waals surface area (Å²) < 4.78 is 5.98. The number of carbonyl (C=O) groups excluding carboxylic acids is 1. The van der Waals surface area contributed by atoms with Crippen LogP contribution in [0.2, 0.25) is 0 Å². The Labute approximate surface area is 164 Å². The molecule has 3 heteroatoms. The van der Waals surface area contributed by atoms with Crippen molar-refractivity contribution < 1.29 is 9.53 Å². The third-order valence-electron chi connectivity index (χ3n) is 4.86. The van der Waals surface area contributed by atoms with Gasteiger partial charge in [-0.15, -0.1) is 0 Å². The van der Waals surface area contributed by atoms with E-state index in [0.717, 1.165) is 29.7 Å². The number of hydrogen-bond donors (Lipinski definition) is 1. The highest BCUT2D eigenvalue weighted by molar-refractivity contribution is 5.81. The van der Waals surface area contributed by atoms with E-state index in [4.69, 9.17) is 4.74 Å². The molecule has 0 radical (unpaired) electrons. The summed E-state index contributed by atoms with van der Waals surface area (Å²) in [6.07, 6.45) is 2.09. The van der Waals surface area contributed by atoms with Gasteiger partial charge in [-0.05, 0) is 67.3 Å². The first-order valence-electron chi connectivity index (χ1n) is 10.0. The number of aryl methyl sites for hydroxylation is 3. The van der Waals surface area contributed by atoms with E-state index in [1.165, 1.54) is 11.1 Å². The Hall–Kier alpha value is -2.29. The summed E-state index contributed by atoms with van der Waals surface area (Å²) in [6.45, 7) is 11.1. The molecule has 1 atom stereocenters. The minimum absolute atomic E-state index is 0.0337. The maximum absolute atomic E-state index is 12.5. The summed E-state index contributed by atoms with van der Waals surface area (Å²) in [5.41, 5.74) is 4.86. The predicted octanol–water partition coefficient (Wildman–Crippen LogP) is 5.33. The smallest absolute Gasteiger partial charge is 0.261 e. The number of ether oxygens (including phenoxy) is 1. The van der Waals surface area contributed by atoms with Gasteiger partial charge in [0.1, 0.15) is 5.75 Å². The molecular formula is C24H33NO2. The summed E-state index contributed by atoms with van der Waals surface area (Å²) >= 11 is 0. The van der Waals surface area contributed by atoms with Crippen molar-refractivity contribution in [2.45, 2.75) is 65.9 Å². The fourth-order valence-electron chi connectivity index (χ4n) is 3.00. The highest BCUT2D eigenvalue weighted by Gasteiger charge is 2.18. The van der Waals surface area contributed by atoms with Crippen molar-refractivity contribution in [1.29, 1.82) is 0 Å². The van der Waals surface area contributed by atoms with Crippen LogP contribution in [-0.4, -0.2) is 18.6 Å². The van der Waals surface area contributed by atoms with Crippen LogP contribution in [0.4, 0.5) is 0 Å². The Morgan fingerprint density at radius 1 is 1.07 bits per heavy atom. The van der Waals surface area contributed by atoms with E-state index in [2.05, 4.69) is 49.5 Å². The first kappa shape index (κ1) is 21.0. The molecule has 0 aliphatic rings. The van der Waals surface area contributed by atoms with Gasteiger partial charge in [-0.2, -0.15) is 0 Å². The fraction of sp³-hybridized carbons (Fsp3) is 0.458. The van der Waals surface area contributed by atoms with Crippen molar-refractivity contribution in [3.05, 3.63) is 64.7 Å². The molecule has 0 bridgehead atoms.